The largest absolute Gasteiger partial charge is 0.448 e. The molecule has 1 saturated heterocycles. The van der Waals surface area contributed by atoms with E-state index in [1.165, 1.54) is 12.0 Å². The average molecular weight is 531 g/mol. The molecule has 0 atom stereocenters. The molecular formula is C30H34N4O3S. The minimum absolute atomic E-state index is 0.0105. The number of hydrogen-bond acceptors (Lipinski definition) is 6. The van der Waals surface area contributed by atoms with Crippen molar-refractivity contribution in [3.8, 4) is 22.3 Å². The first-order valence-electron chi connectivity index (χ1n) is 13.6. The number of cyclic esters (lactones) is 1. The van der Waals surface area contributed by atoms with Crippen LogP contribution in [0, 0.1) is 5.92 Å². The van der Waals surface area contributed by atoms with Gasteiger partial charge in [0, 0.05) is 29.8 Å². The van der Waals surface area contributed by atoms with Crippen LogP contribution in [0.1, 0.15) is 56.9 Å². The van der Waals surface area contributed by atoms with Gasteiger partial charge in [-0.25, -0.2) is 9.78 Å². The van der Waals surface area contributed by atoms with Gasteiger partial charge in [0.2, 0.25) is 5.91 Å². The lowest BCUT2D eigenvalue weighted by Crippen LogP contribution is -2.43. The topological polar surface area (TPSA) is 97.5 Å². The van der Waals surface area contributed by atoms with Gasteiger partial charge in [0.05, 0.1) is 6.54 Å². The number of nitrogens with two attached hydrogens (primary N) is 1. The van der Waals surface area contributed by atoms with Gasteiger partial charge in [0.1, 0.15) is 12.4 Å². The fourth-order valence-electron chi connectivity index (χ4n) is 6.09. The van der Waals surface area contributed by atoms with Crippen molar-refractivity contribution in [3.63, 3.8) is 0 Å². The Labute approximate surface area is 227 Å². The van der Waals surface area contributed by atoms with Crippen LogP contribution < -0.4 is 11.1 Å². The second kappa shape index (κ2) is 10.5. The Balaban J connectivity index is 1.13. The molecule has 0 radical (unpaired) electrons. The van der Waals surface area contributed by atoms with Crippen LogP contribution in [-0.4, -0.2) is 41.1 Å². The summed E-state index contributed by atoms with van der Waals surface area (Å²) in [5.74, 6) is 0.879. The molecule has 3 aromatic rings. The first-order valence-corrected chi connectivity index (χ1v) is 14.6. The Bertz CT molecular complexity index is 1300. The monoisotopic (exact) mass is 530 g/mol. The van der Waals surface area contributed by atoms with Crippen LogP contribution >= 0.6 is 11.3 Å². The van der Waals surface area contributed by atoms with E-state index in [9.17, 15) is 9.59 Å². The minimum Gasteiger partial charge on any atom is -0.448 e. The normalized spacial score (nSPS) is 22.6. The van der Waals surface area contributed by atoms with Gasteiger partial charge in [-0.1, -0.05) is 24.3 Å². The average Bonchev–Trinajstić information content (AvgIpc) is 3.60. The first-order chi connectivity index (χ1) is 18.5. The Hall–Kier alpha value is -3.23. The second-order valence-corrected chi connectivity index (χ2v) is 11.7. The van der Waals surface area contributed by atoms with Crippen molar-refractivity contribution in [2.75, 3.05) is 18.5 Å². The predicted octanol–water partition coefficient (Wildman–Crippen LogP) is 6.15. The summed E-state index contributed by atoms with van der Waals surface area (Å²) in [5, 5.41) is 7.23. The Morgan fingerprint density at radius 3 is 2.53 bits per heavy atom. The van der Waals surface area contributed by atoms with Gasteiger partial charge in [0.15, 0.2) is 0 Å². The van der Waals surface area contributed by atoms with Crippen molar-refractivity contribution >= 4 is 29.2 Å². The highest BCUT2D eigenvalue weighted by molar-refractivity contribution is 7.08. The molecule has 0 unspecified atom stereocenters. The standard InChI is InChI=1S/C30H34N4O3S/c31-30(11-1-12-30)23-6-4-21(5-7-23)26-18-32-27(17-25(26)22-10-15-38-19-22)33-28(35)16-20-2-8-24(9-3-20)34-13-14-37-29(34)36/h4-7,10,15,17-20,24H,1-3,8-9,11-14,16,31H2,(H,32,33,35)/t20-,24-. The number of nitrogens with zero attached hydrogens (tertiary/aromatic N) is 2. The lowest BCUT2D eigenvalue weighted by atomic mass is 9.72. The van der Waals surface area contributed by atoms with Crippen LogP contribution in [0.2, 0.25) is 0 Å². The number of rotatable bonds is 7. The number of thiophene rings is 1. The Morgan fingerprint density at radius 1 is 1.11 bits per heavy atom. The minimum atomic E-state index is -0.195. The van der Waals surface area contributed by atoms with Crippen LogP contribution in [0.4, 0.5) is 10.6 Å². The SMILES string of the molecule is NC1(c2ccc(-c3cnc(NC(=O)C[C@H]4CC[C@H](N5CCOC5=O)CC4)cc3-c3ccsc3)cc2)CCC1. The van der Waals surface area contributed by atoms with Crippen LogP contribution in [0.25, 0.3) is 22.3 Å². The number of nitrogens with one attached hydrogen (secondary N) is 1. The molecule has 2 amide bonds. The fourth-order valence-corrected chi connectivity index (χ4v) is 6.75. The molecule has 3 heterocycles. The summed E-state index contributed by atoms with van der Waals surface area (Å²) in [7, 11) is 0. The molecule has 3 fully saturated rings. The third kappa shape index (κ3) is 5.07. The zero-order valence-electron chi connectivity index (χ0n) is 21.5. The van der Waals surface area contributed by atoms with Gasteiger partial charge in [-0.15, -0.1) is 0 Å². The Kier molecular flexibility index (Phi) is 6.93. The van der Waals surface area contributed by atoms with E-state index in [2.05, 4.69) is 51.4 Å². The zero-order valence-corrected chi connectivity index (χ0v) is 22.3. The molecule has 8 heteroatoms. The van der Waals surface area contributed by atoms with E-state index in [-0.39, 0.29) is 23.6 Å². The van der Waals surface area contributed by atoms with E-state index in [1.54, 1.807) is 11.3 Å². The van der Waals surface area contributed by atoms with E-state index in [0.717, 1.165) is 60.8 Å². The number of hydrogen-bond donors (Lipinski definition) is 2. The van der Waals surface area contributed by atoms with Crippen LogP contribution in [0.15, 0.2) is 53.4 Å². The van der Waals surface area contributed by atoms with E-state index in [0.29, 0.717) is 31.3 Å². The third-order valence-corrected chi connectivity index (χ3v) is 9.23. The number of carbonyl (C=O) groups excluding carboxylic acids is 2. The fraction of sp³-hybridized carbons (Fsp3) is 0.433. The second-order valence-electron chi connectivity index (χ2n) is 10.9. The summed E-state index contributed by atoms with van der Waals surface area (Å²) in [6.45, 7) is 1.17. The maximum Gasteiger partial charge on any atom is 0.410 e. The molecule has 1 aliphatic heterocycles. The van der Waals surface area contributed by atoms with Gasteiger partial charge in [0.25, 0.3) is 0 Å². The van der Waals surface area contributed by atoms with Gasteiger partial charge < -0.3 is 20.7 Å². The van der Waals surface area contributed by atoms with Gasteiger partial charge in [-0.05, 0) is 96.0 Å². The molecular weight excluding hydrogens is 496 g/mol. The van der Waals surface area contributed by atoms with Crippen LogP contribution in [0.3, 0.4) is 0 Å². The highest BCUT2D eigenvalue weighted by Gasteiger charge is 2.34. The number of ether oxygens (including phenoxy) is 1. The molecule has 1 aromatic carbocycles. The molecule has 6 rings (SSSR count). The number of aromatic nitrogens is 1. The maximum atomic E-state index is 12.9. The molecule has 38 heavy (non-hydrogen) atoms. The summed E-state index contributed by atoms with van der Waals surface area (Å²) in [6, 6.07) is 12.9. The molecule has 3 N–H and O–H groups in total. The van der Waals surface area contributed by atoms with Crippen LogP contribution in [-0.2, 0) is 15.1 Å². The maximum absolute atomic E-state index is 12.9. The van der Waals surface area contributed by atoms with E-state index in [1.807, 2.05) is 17.2 Å². The summed E-state index contributed by atoms with van der Waals surface area (Å²) >= 11 is 1.65. The highest BCUT2D eigenvalue weighted by atomic mass is 32.1. The number of anilines is 1. The molecule has 7 nitrogen and oxygen atoms in total. The van der Waals surface area contributed by atoms with Crippen molar-refractivity contribution in [1.82, 2.24) is 9.88 Å². The van der Waals surface area contributed by atoms with Gasteiger partial charge in [-0.3, -0.25) is 4.79 Å². The molecule has 198 valence electrons. The molecule has 2 aromatic heterocycles. The highest BCUT2D eigenvalue weighted by Crippen LogP contribution is 2.40. The number of carbonyl (C=O) groups is 2. The Morgan fingerprint density at radius 2 is 1.89 bits per heavy atom. The number of benzene rings is 1. The lowest BCUT2D eigenvalue weighted by molar-refractivity contribution is -0.117. The van der Waals surface area contributed by atoms with Gasteiger partial charge in [-0.2, -0.15) is 11.3 Å². The summed E-state index contributed by atoms with van der Waals surface area (Å²) < 4.78 is 5.09. The zero-order chi connectivity index (χ0) is 26.1. The molecule has 0 spiro atoms. The van der Waals surface area contributed by atoms with Crippen molar-refractivity contribution in [2.24, 2.45) is 11.7 Å². The number of pyridine rings is 1. The van der Waals surface area contributed by atoms with E-state index >= 15 is 0 Å². The molecule has 0 bridgehead atoms. The van der Waals surface area contributed by atoms with E-state index < -0.39 is 0 Å². The van der Waals surface area contributed by atoms with E-state index in [4.69, 9.17) is 10.5 Å². The van der Waals surface area contributed by atoms with Crippen molar-refractivity contribution in [1.29, 1.82) is 0 Å². The summed E-state index contributed by atoms with van der Waals surface area (Å²) in [6.07, 6.45) is 9.12. The van der Waals surface area contributed by atoms with Gasteiger partial charge >= 0.3 is 6.09 Å². The third-order valence-electron chi connectivity index (χ3n) is 8.54. The predicted molar refractivity (Wildman–Crippen MR) is 150 cm³/mol. The molecule has 2 aliphatic carbocycles. The smallest absolute Gasteiger partial charge is 0.410 e. The summed E-state index contributed by atoms with van der Waals surface area (Å²) in [4.78, 5) is 31.3. The first kappa shape index (κ1) is 25.1. The number of amides is 2. The summed E-state index contributed by atoms with van der Waals surface area (Å²) in [5.41, 5.74) is 11.8. The lowest BCUT2D eigenvalue weighted by Gasteiger charge is -2.38. The molecule has 2 saturated carbocycles. The van der Waals surface area contributed by atoms with Crippen molar-refractivity contribution < 1.29 is 14.3 Å². The van der Waals surface area contributed by atoms with Crippen molar-refractivity contribution in [3.05, 3.63) is 58.9 Å². The van der Waals surface area contributed by atoms with Crippen molar-refractivity contribution in [2.45, 2.75) is 62.9 Å². The quantitative estimate of drug-likeness (QED) is 0.382. The molecule has 3 aliphatic rings. The van der Waals surface area contributed by atoms with Crippen LogP contribution in [0.5, 0.6) is 0 Å².